The molecule has 1 aromatic heterocycles. The highest BCUT2D eigenvalue weighted by Gasteiger charge is 2.35. The van der Waals surface area contributed by atoms with Crippen LogP contribution in [0.1, 0.15) is 26.6 Å². The van der Waals surface area contributed by atoms with Gasteiger partial charge >= 0.3 is 6.09 Å². The maximum absolute atomic E-state index is 12.1. The smallest absolute Gasteiger partial charge is 0.410 e. The number of amides is 1. The van der Waals surface area contributed by atoms with Crippen LogP contribution in [0.15, 0.2) is 12.1 Å². The monoisotopic (exact) mass is 418 g/mol. The van der Waals surface area contributed by atoms with Crippen molar-refractivity contribution in [2.75, 3.05) is 45.8 Å². The summed E-state index contributed by atoms with van der Waals surface area (Å²) in [7, 11) is 3.44. The Hall–Kier alpha value is -2.81. The van der Waals surface area contributed by atoms with Crippen LogP contribution in [0, 0.1) is 6.92 Å². The Labute approximate surface area is 176 Å². The second kappa shape index (κ2) is 8.91. The van der Waals surface area contributed by atoms with E-state index in [0.717, 1.165) is 16.7 Å². The molecule has 0 unspecified atom stereocenters. The summed E-state index contributed by atoms with van der Waals surface area (Å²) in [5.74, 6) is 2.54. The van der Waals surface area contributed by atoms with Crippen molar-refractivity contribution in [3.05, 3.63) is 18.0 Å². The van der Waals surface area contributed by atoms with Crippen LogP contribution in [-0.2, 0) is 9.47 Å². The highest BCUT2D eigenvalue weighted by Crippen LogP contribution is 2.36. The lowest BCUT2D eigenvalue weighted by atomic mass is 10.1. The molecular weight excluding hydrogens is 388 g/mol. The van der Waals surface area contributed by atoms with Crippen LogP contribution in [0.25, 0.3) is 10.9 Å². The van der Waals surface area contributed by atoms with Crippen LogP contribution in [0.4, 0.5) is 10.6 Å². The standard InChI is InChI=1S/C21H30N4O5/c1-13-23-16-10-18(29-14-11-25(12-14)20(26)30-21(2,3)4)17(28-8-7-27-6)9-15(16)19(22-5)24-13/h9-10,14H,7-8,11-12H2,1-6H3,(H,22,23,24). The summed E-state index contributed by atoms with van der Waals surface area (Å²) >= 11 is 0. The van der Waals surface area contributed by atoms with E-state index in [1.807, 2.05) is 46.9 Å². The Morgan fingerprint density at radius 3 is 2.57 bits per heavy atom. The SMILES string of the molecule is CNc1nc(C)nc2cc(OC3CN(C(=O)OC(C)(C)C)C3)c(OCCOC)cc12. The number of hydrogen-bond acceptors (Lipinski definition) is 8. The minimum Gasteiger partial charge on any atom is -0.487 e. The van der Waals surface area contributed by atoms with Gasteiger partial charge in [0.25, 0.3) is 0 Å². The van der Waals surface area contributed by atoms with Crippen molar-refractivity contribution in [3.63, 3.8) is 0 Å². The molecule has 0 bridgehead atoms. The Kier molecular flexibility index (Phi) is 6.50. The van der Waals surface area contributed by atoms with Crippen LogP contribution >= 0.6 is 0 Å². The highest BCUT2D eigenvalue weighted by atomic mass is 16.6. The molecule has 0 radical (unpaired) electrons. The normalized spacial score (nSPS) is 14.4. The Balaban J connectivity index is 1.78. The summed E-state index contributed by atoms with van der Waals surface area (Å²) in [4.78, 5) is 22.7. The molecule has 1 N–H and O–H groups in total. The summed E-state index contributed by atoms with van der Waals surface area (Å²) in [5, 5.41) is 3.93. The van der Waals surface area contributed by atoms with Crippen LogP contribution in [0.5, 0.6) is 11.5 Å². The van der Waals surface area contributed by atoms with Gasteiger partial charge in [-0.15, -0.1) is 0 Å². The van der Waals surface area contributed by atoms with E-state index in [2.05, 4.69) is 15.3 Å². The molecular formula is C21H30N4O5. The van der Waals surface area contributed by atoms with Crippen LogP contribution in [0.3, 0.4) is 0 Å². The number of aromatic nitrogens is 2. The van der Waals surface area contributed by atoms with Crippen LogP contribution in [0.2, 0.25) is 0 Å². The summed E-state index contributed by atoms with van der Waals surface area (Å²) < 4.78 is 22.5. The van der Waals surface area contributed by atoms with Crippen LogP contribution < -0.4 is 14.8 Å². The predicted molar refractivity (Wildman–Crippen MR) is 113 cm³/mol. The molecule has 0 aliphatic carbocycles. The van der Waals surface area contributed by atoms with Gasteiger partial charge < -0.3 is 29.2 Å². The number of carbonyl (C=O) groups is 1. The fraction of sp³-hybridized carbons (Fsp3) is 0.571. The van der Waals surface area contributed by atoms with E-state index in [0.29, 0.717) is 43.6 Å². The Bertz CT molecular complexity index is 906. The molecule has 1 aromatic carbocycles. The molecule has 164 valence electrons. The van der Waals surface area contributed by atoms with Crippen molar-refractivity contribution in [3.8, 4) is 11.5 Å². The molecule has 1 saturated heterocycles. The average Bonchev–Trinajstić information content (AvgIpc) is 2.62. The number of hydrogen-bond donors (Lipinski definition) is 1. The molecule has 30 heavy (non-hydrogen) atoms. The number of fused-ring (bicyclic) bond motifs is 1. The predicted octanol–water partition coefficient (Wildman–Crippen LogP) is 3.00. The van der Waals surface area contributed by atoms with Gasteiger partial charge in [-0.2, -0.15) is 0 Å². The number of methoxy groups -OCH3 is 1. The van der Waals surface area contributed by atoms with Gasteiger partial charge in [-0.3, -0.25) is 0 Å². The van der Waals surface area contributed by atoms with Crippen molar-refractivity contribution in [2.24, 2.45) is 0 Å². The summed E-state index contributed by atoms with van der Waals surface area (Å²) in [6.45, 7) is 9.13. The fourth-order valence-electron chi connectivity index (χ4n) is 3.05. The molecule has 1 aliphatic rings. The maximum Gasteiger partial charge on any atom is 0.410 e. The van der Waals surface area contributed by atoms with Gasteiger partial charge in [-0.05, 0) is 33.8 Å². The molecule has 2 heterocycles. The molecule has 1 aliphatic heterocycles. The van der Waals surface area contributed by atoms with E-state index >= 15 is 0 Å². The molecule has 0 atom stereocenters. The lowest BCUT2D eigenvalue weighted by Crippen LogP contribution is -2.57. The molecule has 2 aromatic rings. The summed E-state index contributed by atoms with van der Waals surface area (Å²) in [5.41, 5.74) is 0.232. The zero-order valence-electron chi connectivity index (χ0n) is 18.4. The molecule has 9 nitrogen and oxygen atoms in total. The van der Waals surface area contributed by atoms with Gasteiger partial charge in [-0.25, -0.2) is 14.8 Å². The van der Waals surface area contributed by atoms with Gasteiger partial charge in [0.15, 0.2) is 11.5 Å². The quantitative estimate of drug-likeness (QED) is 0.686. The summed E-state index contributed by atoms with van der Waals surface area (Å²) in [6.07, 6.45) is -0.481. The number of nitrogens with zero attached hydrogens (tertiary/aromatic N) is 3. The molecule has 1 amide bonds. The first-order valence-corrected chi connectivity index (χ1v) is 9.96. The van der Waals surface area contributed by atoms with Crippen molar-refractivity contribution >= 4 is 22.8 Å². The number of aryl methyl sites for hydroxylation is 1. The van der Waals surface area contributed by atoms with Gasteiger partial charge in [0.2, 0.25) is 0 Å². The lowest BCUT2D eigenvalue weighted by Gasteiger charge is -2.39. The largest absolute Gasteiger partial charge is 0.487 e. The number of likely N-dealkylation sites (tertiary alicyclic amines) is 1. The van der Waals surface area contributed by atoms with E-state index in [1.165, 1.54) is 0 Å². The van der Waals surface area contributed by atoms with E-state index in [9.17, 15) is 4.79 Å². The van der Waals surface area contributed by atoms with Crippen molar-refractivity contribution < 1.29 is 23.7 Å². The number of ether oxygens (including phenoxy) is 4. The molecule has 1 fully saturated rings. The Morgan fingerprint density at radius 1 is 1.20 bits per heavy atom. The van der Waals surface area contributed by atoms with Crippen LogP contribution in [-0.4, -0.2) is 73.1 Å². The van der Waals surface area contributed by atoms with E-state index in [1.54, 1.807) is 12.0 Å². The first-order valence-electron chi connectivity index (χ1n) is 9.96. The molecule has 0 saturated carbocycles. The Morgan fingerprint density at radius 2 is 1.93 bits per heavy atom. The van der Waals surface area contributed by atoms with Gasteiger partial charge in [0.05, 0.1) is 25.2 Å². The third-order valence-electron chi connectivity index (χ3n) is 4.45. The van der Waals surface area contributed by atoms with E-state index in [-0.39, 0.29) is 12.2 Å². The number of nitrogens with one attached hydrogen (secondary N) is 1. The number of carbonyl (C=O) groups excluding carboxylic acids is 1. The lowest BCUT2D eigenvalue weighted by molar-refractivity contribution is -0.0227. The van der Waals surface area contributed by atoms with Crippen molar-refractivity contribution in [1.29, 1.82) is 0 Å². The first-order chi connectivity index (χ1) is 14.2. The molecule has 0 spiro atoms. The third kappa shape index (κ3) is 5.21. The second-order valence-corrected chi connectivity index (χ2v) is 8.15. The topological polar surface area (TPSA) is 95.0 Å². The van der Waals surface area contributed by atoms with Gasteiger partial charge in [0.1, 0.15) is 30.0 Å². The first kappa shape index (κ1) is 21.9. The second-order valence-electron chi connectivity index (χ2n) is 8.15. The van der Waals surface area contributed by atoms with Gasteiger partial charge in [0, 0.05) is 25.6 Å². The number of rotatable bonds is 7. The zero-order valence-corrected chi connectivity index (χ0v) is 18.4. The van der Waals surface area contributed by atoms with E-state index in [4.69, 9.17) is 18.9 Å². The van der Waals surface area contributed by atoms with Crippen molar-refractivity contribution in [1.82, 2.24) is 14.9 Å². The number of anilines is 1. The third-order valence-corrected chi connectivity index (χ3v) is 4.45. The minimum absolute atomic E-state index is 0.147. The minimum atomic E-state index is -0.522. The van der Waals surface area contributed by atoms with E-state index < -0.39 is 5.60 Å². The average molecular weight is 418 g/mol. The number of benzene rings is 1. The van der Waals surface area contributed by atoms with Gasteiger partial charge in [-0.1, -0.05) is 0 Å². The summed E-state index contributed by atoms with van der Waals surface area (Å²) in [6, 6.07) is 3.72. The zero-order chi connectivity index (χ0) is 21.9. The maximum atomic E-state index is 12.1. The molecule has 9 heteroatoms. The fourth-order valence-corrected chi connectivity index (χ4v) is 3.05. The molecule has 3 rings (SSSR count). The highest BCUT2D eigenvalue weighted by molar-refractivity contribution is 5.91. The van der Waals surface area contributed by atoms with Crippen molar-refractivity contribution in [2.45, 2.75) is 39.4 Å².